The van der Waals surface area contributed by atoms with Gasteiger partial charge in [-0.3, -0.25) is 4.90 Å². The molecule has 1 N–H and O–H groups in total. The minimum Gasteiger partial charge on any atom is -0.494 e. The van der Waals surface area contributed by atoms with E-state index in [1.54, 1.807) is 24.1 Å². The summed E-state index contributed by atoms with van der Waals surface area (Å²) in [6.45, 7) is 2.98. The van der Waals surface area contributed by atoms with Gasteiger partial charge in [0.1, 0.15) is 0 Å². The molecule has 150 valence electrons. The van der Waals surface area contributed by atoms with Crippen molar-refractivity contribution in [1.29, 1.82) is 0 Å². The van der Waals surface area contributed by atoms with Crippen molar-refractivity contribution in [2.24, 2.45) is 0 Å². The Morgan fingerprint density at radius 1 is 1.21 bits per heavy atom. The molecule has 1 aliphatic heterocycles. The molecule has 3 rings (SSSR count). The third-order valence-corrected chi connectivity index (χ3v) is 5.20. The van der Waals surface area contributed by atoms with E-state index in [1.165, 1.54) is 31.6 Å². The van der Waals surface area contributed by atoms with Crippen LogP contribution in [0.25, 0.3) is 0 Å². The Hall–Kier alpha value is -2.60. The highest BCUT2D eigenvalue weighted by Crippen LogP contribution is 2.24. The van der Waals surface area contributed by atoms with Crippen LogP contribution in [-0.2, 0) is 6.54 Å². The number of rotatable bonds is 7. The standard InChI is InChI=1S/C22H28FN3O2/c1-25(16-17-10-11-21(28-2)19(23)14-17)22(27)24-15-20(26-12-6-7-13-26)18-8-4-3-5-9-18/h3-5,8-11,14,20H,6-7,12-13,15-16H2,1-2H3,(H,24,27). The predicted molar refractivity (Wildman–Crippen MR) is 108 cm³/mol. The minimum absolute atomic E-state index is 0.166. The number of carbonyl (C=O) groups excluding carboxylic acids is 1. The molecule has 0 aliphatic carbocycles. The molecule has 5 nitrogen and oxygen atoms in total. The van der Waals surface area contributed by atoms with Gasteiger partial charge in [-0.15, -0.1) is 0 Å². The molecular formula is C22H28FN3O2. The van der Waals surface area contributed by atoms with Crippen LogP contribution in [0.4, 0.5) is 9.18 Å². The quantitative estimate of drug-likeness (QED) is 0.788. The van der Waals surface area contributed by atoms with Gasteiger partial charge in [-0.2, -0.15) is 0 Å². The Kier molecular flexibility index (Phi) is 6.87. The van der Waals surface area contributed by atoms with E-state index in [4.69, 9.17) is 4.74 Å². The number of methoxy groups -OCH3 is 1. The first-order chi connectivity index (χ1) is 13.6. The van der Waals surface area contributed by atoms with Crippen molar-refractivity contribution >= 4 is 6.03 Å². The van der Waals surface area contributed by atoms with E-state index in [9.17, 15) is 9.18 Å². The molecule has 1 unspecified atom stereocenters. The summed E-state index contributed by atoms with van der Waals surface area (Å²) in [7, 11) is 3.14. The molecule has 1 fully saturated rings. The van der Waals surface area contributed by atoms with Gasteiger partial charge in [-0.1, -0.05) is 36.4 Å². The second-order valence-corrected chi connectivity index (χ2v) is 7.18. The van der Waals surface area contributed by atoms with Crippen LogP contribution >= 0.6 is 0 Å². The lowest BCUT2D eigenvalue weighted by atomic mass is 10.1. The molecule has 28 heavy (non-hydrogen) atoms. The number of benzene rings is 2. The van der Waals surface area contributed by atoms with Crippen LogP contribution in [0.5, 0.6) is 5.75 Å². The van der Waals surface area contributed by atoms with Gasteiger partial charge in [-0.25, -0.2) is 9.18 Å². The van der Waals surface area contributed by atoms with Crippen molar-refractivity contribution in [2.75, 3.05) is 33.8 Å². The molecule has 1 atom stereocenters. The maximum atomic E-state index is 13.9. The van der Waals surface area contributed by atoms with Gasteiger partial charge in [0.2, 0.25) is 0 Å². The molecule has 1 aliphatic rings. The Labute approximate surface area is 166 Å². The molecule has 2 aromatic carbocycles. The molecule has 0 spiro atoms. The van der Waals surface area contributed by atoms with Gasteiger partial charge in [0.25, 0.3) is 0 Å². The summed E-state index contributed by atoms with van der Waals surface area (Å²) in [5, 5.41) is 3.04. The fourth-order valence-corrected chi connectivity index (χ4v) is 3.66. The van der Waals surface area contributed by atoms with Crippen LogP contribution in [0.2, 0.25) is 0 Å². The summed E-state index contributed by atoms with van der Waals surface area (Å²) < 4.78 is 18.8. The van der Waals surface area contributed by atoms with Gasteiger partial charge in [0.15, 0.2) is 11.6 Å². The topological polar surface area (TPSA) is 44.8 Å². The van der Waals surface area contributed by atoms with E-state index < -0.39 is 5.82 Å². The maximum Gasteiger partial charge on any atom is 0.317 e. The first kappa shape index (κ1) is 20.1. The van der Waals surface area contributed by atoms with Gasteiger partial charge in [-0.05, 0) is 49.2 Å². The van der Waals surface area contributed by atoms with Gasteiger partial charge in [0, 0.05) is 20.1 Å². The molecule has 0 radical (unpaired) electrons. The molecule has 2 amide bonds. The van der Waals surface area contributed by atoms with Crippen LogP contribution in [-0.4, -0.2) is 49.6 Å². The monoisotopic (exact) mass is 385 g/mol. The lowest BCUT2D eigenvalue weighted by Crippen LogP contribution is -2.42. The fourth-order valence-electron chi connectivity index (χ4n) is 3.66. The highest BCUT2D eigenvalue weighted by Gasteiger charge is 2.24. The third kappa shape index (κ3) is 5.01. The first-order valence-corrected chi connectivity index (χ1v) is 9.69. The number of hydrogen-bond acceptors (Lipinski definition) is 3. The molecule has 1 saturated heterocycles. The molecular weight excluding hydrogens is 357 g/mol. The second-order valence-electron chi connectivity index (χ2n) is 7.18. The Balaban J connectivity index is 1.60. The van der Waals surface area contributed by atoms with Gasteiger partial charge >= 0.3 is 6.03 Å². The van der Waals surface area contributed by atoms with Crippen molar-refractivity contribution in [3.8, 4) is 5.75 Å². The zero-order valence-electron chi connectivity index (χ0n) is 16.5. The van der Waals surface area contributed by atoms with Crippen molar-refractivity contribution < 1.29 is 13.9 Å². The van der Waals surface area contributed by atoms with Crippen LogP contribution in [0.3, 0.4) is 0 Å². The average molecular weight is 385 g/mol. The SMILES string of the molecule is COc1ccc(CN(C)C(=O)NCC(c2ccccc2)N2CCCC2)cc1F. The van der Waals surface area contributed by atoms with Gasteiger partial charge < -0.3 is 15.0 Å². The number of carbonyl (C=O) groups is 1. The number of hydrogen-bond donors (Lipinski definition) is 1. The number of likely N-dealkylation sites (tertiary alicyclic amines) is 1. The lowest BCUT2D eigenvalue weighted by molar-refractivity contribution is 0.195. The number of amides is 2. The van der Waals surface area contributed by atoms with Crippen LogP contribution in [0.1, 0.15) is 30.0 Å². The largest absolute Gasteiger partial charge is 0.494 e. The molecule has 0 bridgehead atoms. The maximum absolute atomic E-state index is 13.9. The molecule has 2 aromatic rings. The molecule has 0 saturated carbocycles. The summed E-state index contributed by atoms with van der Waals surface area (Å²) in [4.78, 5) is 16.6. The molecule has 1 heterocycles. The van der Waals surface area contributed by atoms with E-state index in [0.29, 0.717) is 13.1 Å². The molecule has 0 aromatic heterocycles. The highest BCUT2D eigenvalue weighted by atomic mass is 19.1. The summed E-state index contributed by atoms with van der Waals surface area (Å²) in [6.07, 6.45) is 2.39. The van der Waals surface area contributed by atoms with Crippen LogP contribution in [0, 0.1) is 5.82 Å². The lowest BCUT2D eigenvalue weighted by Gasteiger charge is -2.29. The van der Waals surface area contributed by atoms with Crippen molar-refractivity contribution in [1.82, 2.24) is 15.1 Å². The van der Waals surface area contributed by atoms with E-state index in [2.05, 4.69) is 22.3 Å². The Bertz CT molecular complexity index is 779. The van der Waals surface area contributed by atoms with Crippen molar-refractivity contribution in [3.05, 3.63) is 65.5 Å². The number of urea groups is 1. The van der Waals surface area contributed by atoms with Crippen LogP contribution < -0.4 is 10.1 Å². The summed E-state index contributed by atoms with van der Waals surface area (Å²) in [5.41, 5.74) is 1.93. The predicted octanol–water partition coefficient (Wildman–Crippen LogP) is 3.81. The Morgan fingerprint density at radius 3 is 2.57 bits per heavy atom. The minimum atomic E-state index is -0.424. The van der Waals surface area contributed by atoms with E-state index in [0.717, 1.165) is 18.7 Å². The fraction of sp³-hybridized carbons (Fsp3) is 0.409. The smallest absolute Gasteiger partial charge is 0.317 e. The van der Waals surface area contributed by atoms with Crippen LogP contribution in [0.15, 0.2) is 48.5 Å². The van der Waals surface area contributed by atoms with Crippen molar-refractivity contribution in [2.45, 2.75) is 25.4 Å². The second kappa shape index (κ2) is 9.55. The normalized spacial score (nSPS) is 15.2. The molecule has 6 heteroatoms. The van der Waals surface area contributed by atoms with Gasteiger partial charge in [0.05, 0.1) is 13.2 Å². The van der Waals surface area contributed by atoms with E-state index in [-0.39, 0.29) is 17.8 Å². The van der Waals surface area contributed by atoms with Crippen molar-refractivity contribution in [3.63, 3.8) is 0 Å². The van der Waals surface area contributed by atoms with E-state index in [1.807, 2.05) is 18.2 Å². The summed E-state index contributed by atoms with van der Waals surface area (Å²) in [5.74, 6) is -0.223. The Morgan fingerprint density at radius 2 is 1.93 bits per heavy atom. The highest BCUT2D eigenvalue weighted by molar-refractivity contribution is 5.73. The number of nitrogens with zero attached hydrogens (tertiary/aromatic N) is 2. The van der Waals surface area contributed by atoms with E-state index >= 15 is 0 Å². The third-order valence-electron chi connectivity index (χ3n) is 5.20. The number of nitrogens with one attached hydrogen (secondary N) is 1. The zero-order chi connectivity index (χ0) is 19.9. The zero-order valence-corrected chi connectivity index (χ0v) is 16.5. The summed E-state index contributed by atoms with van der Waals surface area (Å²) >= 11 is 0. The summed E-state index contributed by atoms with van der Waals surface area (Å²) in [6, 6.07) is 15.0. The first-order valence-electron chi connectivity index (χ1n) is 9.69. The number of ether oxygens (including phenoxy) is 1. The average Bonchev–Trinajstić information content (AvgIpc) is 3.23. The number of halogens is 1.